The van der Waals surface area contributed by atoms with Crippen LogP contribution < -0.4 is 0 Å². The van der Waals surface area contributed by atoms with Crippen LogP contribution in [0.3, 0.4) is 0 Å². The number of Topliss-reactive ketones (excluding diaryl/α,β-unsaturated/α-hetero) is 2. The number of allylic oxidation sites excluding steroid dienone is 2. The molecule has 16 heavy (non-hydrogen) atoms. The standard InChI is InChI=1S/C13H11NO2/c1-8(15)11-7-12(14-2)9-5-3-4-6-10(9)13(11)16/h3-7H,1-2H3. The second-order valence-electron chi connectivity index (χ2n) is 3.60. The van der Waals surface area contributed by atoms with Gasteiger partial charge in [-0.15, -0.1) is 0 Å². The fourth-order valence-electron chi connectivity index (χ4n) is 1.78. The van der Waals surface area contributed by atoms with Crippen LogP contribution in [0.2, 0.25) is 0 Å². The van der Waals surface area contributed by atoms with Crippen LogP contribution in [0, 0.1) is 0 Å². The smallest absolute Gasteiger partial charge is 0.197 e. The topological polar surface area (TPSA) is 46.5 Å². The maximum Gasteiger partial charge on any atom is 0.197 e. The van der Waals surface area contributed by atoms with E-state index in [1.807, 2.05) is 12.1 Å². The van der Waals surface area contributed by atoms with E-state index in [9.17, 15) is 9.59 Å². The maximum absolute atomic E-state index is 12.0. The lowest BCUT2D eigenvalue weighted by atomic mass is 9.87. The number of rotatable bonds is 1. The monoisotopic (exact) mass is 213 g/mol. The van der Waals surface area contributed by atoms with Crippen LogP contribution in [0.4, 0.5) is 0 Å². The Hall–Kier alpha value is -2.03. The second kappa shape index (κ2) is 3.85. The van der Waals surface area contributed by atoms with Crippen LogP contribution in [-0.2, 0) is 4.79 Å². The van der Waals surface area contributed by atoms with Crippen LogP contribution in [0.25, 0.3) is 0 Å². The van der Waals surface area contributed by atoms with Gasteiger partial charge in [-0.1, -0.05) is 24.3 Å². The lowest BCUT2D eigenvalue weighted by Gasteiger charge is -2.15. The molecule has 2 rings (SSSR count). The summed E-state index contributed by atoms with van der Waals surface area (Å²) in [5.41, 5.74) is 2.23. The highest BCUT2D eigenvalue weighted by Crippen LogP contribution is 2.21. The minimum atomic E-state index is -0.222. The van der Waals surface area contributed by atoms with Crippen molar-refractivity contribution < 1.29 is 9.59 Å². The van der Waals surface area contributed by atoms with Gasteiger partial charge < -0.3 is 0 Å². The van der Waals surface area contributed by atoms with Gasteiger partial charge in [0.1, 0.15) is 0 Å². The largest absolute Gasteiger partial charge is 0.294 e. The molecule has 1 aliphatic rings. The molecule has 3 heteroatoms. The number of carbonyl (C=O) groups excluding carboxylic acids is 2. The summed E-state index contributed by atoms with van der Waals surface area (Å²) >= 11 is 0. The molecule has 1 aromatic carbocycles. The van der Waals surface area contributed by atoms with Gasteiger partial charge in [-0.05, 0) is 13.0 Å². The Bertz CT molecular complexity index is 539. The summed E-state index contributed by atoms with van der Waals surface area (Å²) in [6, 6.07) is 7.19. The first-order valence-corrected chi connectivity index (χ1v) is 4.98. The SMILES string of the molecule is CN=C1C=C(C(C)=O)C(=O)c2ccccc21. The lowest BCUT2D eigenvalue weighted by Crippen LogP contribution is -2.21. The van der Waals surface area contributed by atoms with Gasteiger partial charge in [0.15, 0.2) is 11.6 Å². The van der Waals surface area contributed by atoms with Gasteiger partial charge in [0.05, 0.1) is 11.3 Å². The van der Waals surface area contributed by atoms with Crippen molar-refractivity contribution in [2.75, 3.05) is 7.05 Å². The predicted molar refractivity (Wildman–Crippen MR) is 62.0 cm³/mol. The van der Waals surface area contributed by atoms with Crippen LogP contribution >= 0.6 is 0 Å². The Morgan fingerprint density at radius 2 is 1.81 bits per heavy atom. The van der Waals surface area contributed by atoms with E-state index in [1.54, 1.807) is 25.3 Å². The molecule has 0 radical (unpaired) electrons. The molecule has 0 heterocycles. The maximum atomic E-state index is 12.0. The molecule has 0 saturated carbocycles. The highest BCUT2D eigenvalue weighted by molar-refractivity contribution is 6.35. The van der Waals surface area contributed by atoms with E-state index >= 15 is 0 Å². The molecule has 0 fully saturated rings. The Morgan fingerprint density at radius 3 is 2.38 bits per heavy atom. The third kappa shape index (κ3) is 1.50. The Morgan fingerprint density at radius 1 is 1.19 bits per heavy atom. The molecule has 0 saturated heterocycles. The first-order chi connectivity index (χ1) is 7.65. The van der Waals surface area contributed by atoms with Crippen molar-refractivity contribution in [3.63, 3.8) is 0 Å². The first kappa shape index (κ1) is 10.5. The number of hydrogen-bond acceptors (Lipinski definition) is 3. The van der Waals surface area contributed by atoms with E-state index in [1.165, 1.54) is 6.92 Å². The molecule has 3 nitrogen and oxygen atoms in total. The summed E-state index contributed by atoms with van der Waals surface area (Å²) in [6.45, 7) is 1.39. The zero-order valence-electron chi connectivity index (χ0n) is 9.15. The van der Waals surface area contributed by atoms with Gasteiger partial charge >= 0.3 is 0 Å². The summed E-state index contributed by atoms with van der Waals surface area (Å²) in [5, 5.41) is 0. The van der Waals surface area contributed by atoms with Gasteiger partial charge in [-0.3, -0.25) is 14.6 Å². The van der Waals surface area contributed by atoms with E-state index in [2.05, 4.69) is 4.99 Å². The Balaban J connectivity index is 2.68. The van der Waals surface area contributed by atoms with Crippen molar-refractivity contribution in [2.45, 2.75) is 6.92 Å². The van der Waals surface area contributed by atoms with Crippen molar-refractivity contribution in [3.8, 4) is 0 Å². The molecule has 0 amide bonds. The van der Waals surface area contributed by atoms with Crippen LogP contribution in [0.1, 0.15) is 22.8 Å². The van der Waals surface area contributed by atoms with Crippen molar-refractivity contribution in [3.05, 3.63) is 47.0 Å². The van der Waals surface area contributed by atoms with Crippen molar-refractivity contribution in [1.82, 2.24) is 0 Å². The molecule has 0 aromatic heterocycles. The number of hydrogen-bond donors (Lipinski definition) is 0. The van der Waals surface area contributed by atoms with E-state index in [-0.39, 0.29) is 17.1 Å². The second-order valence-corrected chi connectivity index (χ2v) is 3.60. The summed E-state index contributed by atoms with van der Waals surface area (Å²) in [7, 11) is 1.65. The summed E-state index contributed by atoms with van der Waals surface area (Å²) in [6.07, 6.45) is 1.56. The molecule has 0 bridgehead atoms. The Kier molecular flexibility index (Phi) is 2.52. The lowest BCUT2D eigenvalue weighted by molar-refractivity contribution is -0.113. The van der Waals surface area contributed by atoms with Gasteiger partial charge in [-0.2, -0.15) is 0 Å². The zero-order chi connectivity index (χ0) is 11.7. The molecule has 0 spiro atoms. The first-order valence-electron chi connectivity index (χ1n) is 4.98. The molecular formula is C13H11NO2. The number of ketones is 2. The van der Waals surface area contributed by atoms with Gasteiger partial charge in [0, 0.05) is 18.2 Å². The predicted octanol–water partition coefficient (Wildman–Crippen LogP) is 1.82. The van der Waals surface area contributed by atoms with Crippen LogP contribution in [0.5, 0.6) is 0 Å². The van der Waals surface area contributed by atoms with Crippen molar-refractivity contribution in [2.24, 2.45) is 4.99 Å². The molecule has 1 aromatic rings. The molecular weight excluding hydrogens is 202 g/mol. The molecule has 0 N–H and O–H groups in total. The zero-order valence-corrected chi connectivity index (χ0v) is 9.15. The molecule has 0 unspecified atom stereocenters. The van der Waals surface area contributed by atoms with Gasteiger partial charge in [-0.25, -0.2) is 0 Å². The average Bonchev–Trinajstić information content (AvgIpc) is 2.29. The minimum Gasteiger partial charge on any atom is -0.294 e. The number of nitrogens with zero attached hydrogens (tertiary/aromatic N) is 1. The number of fused-ring (bicyclic) bond motifs is 1. The van der Waals surface area contributed by atoms with Crippen molar-refractivity contribution in [1.29, 1.82) is 0 Å². The van der Waals surface area contributed by atoms with Crippen molar-refractivity contribution >= 4 is 17.3 Å². The van der Waals surface area contributed by atoms with Gasteiger partial charge in [0.2, 0.25) is 0 Å². The molecule has 1 aliphatic carbocycles. The summed E-state index contributed by atoms with van der Waals surface area (Å²) in [4.78, 5) is 27.4. The van der Waals surface area contributed by atoms with E-state index in [4.69, 9.17) is 0 Å². The van der Waals surface area contributed by atoms with Crippen LogP contribution in [-0.4, -0.2) is 24.3 Å². The quantitative estimate of drug-likeness (QED) is 0.668. The van der Waals surface area contributed by atoms with E-state index < -0.39 is 0 Å². The highest BCUT2D eigenvalue weighted by atomic mass is 16.1. The molecule has 0 aliphatic heterocycles. The molecule has 0 atom stereocenters. The molecule has 80 valence electrons. The average molecular weight is 213 g/mol. The fraction of sp³-hybridized carbons (Fsp3) is 0.154. The number of aliphatic imine (C=N–C) groups is 1. The van der Waals surface area contributed by atoms with Crippen LogP contribution in [0.15, 0.2) is 40.9 Å². The fourth-order valence-corrected chi connectivity index (χ4v) is 1.78. The van der Waals surface area contributed by atoms with E-state index in [0.717, 1.165) is 5.56 Å². The third-order valence-electron chi connectivity index (χ3n) is 2.59. The highest BCUT2D eigenvalue weighted by Gasteiger charge is 2.25. The summed E-state index contributed by atoms with van der Waals surface area (Å²) < 4.78 is 0. The minimum absolute atomic E-state index is 0.208. The third-order valence-corrected chi connectivity index (χ3v) is 2.59. The normalized spacial score (nSPS) is 17.0. The summed E-state index contributed by atoms with van der Waals surface area (Å²) in [5.74, 6) is -0.434. The number of benzene rings is 1. The van der Waals surface area contributed by atoms with E-state index in [0.29, 0.717) is 11.3 Å². The Labute approximate surface area is 93.5 Å². The number of carbonyl (C=O) groups is 2. The van der Waals surface area contributed by atoms with Gasteiger partial charge in [0.25, 0.3) is 0 Å².